The molecule has 4 nitrogen and oxygen atoms in total. The number of aromatic nitrogens is 1. The van der Waals surface area contributed by atoms with Crippen molar-refractivity contribution in [3.05, 3.63) is 59.2 Å². The molecule has 0 N–H and O–H groups in total. The Balaban J connectivity index is 1.31. The van der Waals surface area contributed by atoms with Crippen molar-refractivity contribution in [2.24, 2.45) is 22.9 Å². The maximum atomic E-state index is 5.29. The Bertz CT molecular complexity index is 1170. The van der Waals surface area contributed by atoms with Gasteiger partial charge in [0.25, 0.3) is 0 Å². The fourth-order valence-electron chi connectivity index (χ4n) is 6.74. The zero-order valence-electron chi connectivity index (χ0n) is 24.3. The van der Waals surface area contributed by atoms with Crippen LogP contribution in [0, 0.1) is 17.8 Å². The number of anilines is 1. The molecule has 0 radical (unpaired) electrons. The molecule has 0 atom stereocenters. The zero-order valence-corrected chi connectivity index (χ0v) is 25.1. The van der Waals surface area contributed by atoms with Crippen molar-refractivity contribution in [1.29, 1.82) is 0 Å². The van der Waals surface area contributed by atoms with Crippen molar-refractivity contribution in [2.45, 2.75) is 90.4 Å². The van der Waals surface area contributed by atoms with Crippen LogP contribution in [0.2, 0.25) is 0 Å². The maximum absolute atomic E-state index is 5.29. The van der Waals surface area contributed by atoms with Crippen LogP contribution < -0.4 is 5.01 Å². The lowest BCUT2D eigenvalue weighted by atomic mass is 9.72. The van der Waals surface area contributed by atoms with Crippen LogP contribution in [0.4, 0.5) is 5.13 Å². The molecule has 1 heterocycles. The van der Waals surface area contributed by atoms with E-state index in [1.165, 1.54) is 85.6 Å². The van der Waals surface area contributed by atoms with Gasteiger partial charge >= 0.3 is 0 Å². The third-order valence-corrected chi connectivity index (χ3v) is 10.3. The average Bonchev–Trinajstić information content (AvgIpc) is 3.38. The summed E-state index contributed by atoms with van der Waals surface area (Å²) in [5, 5.41) is 8.31. The van der Waals surface area contributed by atoms with E-state index in [4.69, 9.17) is 14.8 Å². The molecule has 5 heteroatoms. The van der Waals surface area contributed by atoms with E-state index in [2.05, 4.69) is 67.5 Å². The van der Waals surface area contributed by atoms with Gasteiger partial charge in [-0.3, -0.25) is 0 Å². The molecule has 2 aromatic carbocycles. The smallest absolute Gasteiger partial charge is 0.207 e. The van der Waals surface area contributed by atoms with E-state index in [0.717, 1.165) is 48.0 Å². The molecule has 39 heavy (non-hydrogen) atoms. The predicted molar refractivity (Wildman–Crippen MR) is 167 cm³/mol. The number of hydrogen-bond acceptors (Lipinski definition) is 5. The lowest BCUT2D eigenvalue weighted by Crippen LogP contribution is -2.29. The van der Waals surface area contributed by atoms with E-state index in [1.807, 2.05) is 7.11 Å². The molecule has 0 aliphatic heterocycles. The fourth-order valence-corrected chi connectivity index (χ4v) is 7.69. The molecule has 0 saturated heterocycles. The van der Waals surface area contributed by atoms with E-state index >= 15 is 0 Å². The molecular formula is C34H47N3OS. The van der Waals surface area contributed by atoms with Gasteiger partial charge < -0.3 is 4.74 Å². The second-order valence-corrected chi connectivity index (χ2v) is 12.9. The lowest BCUT2D eigenvalue weighted by Gasteiger charge is -2.36. The molecule has 2 aliphatic carbocycles. The average molecular weight is 546 g/mol. The number of rotatable bonds is 13. The Hall–Kier alpha value is -2.24. The fraction of sp³-hybridized carbons (Fsp3) is 0.588. The highest BCUT2D eigenvalue weighted by Gasteiger charge is 2.29. The number of thiazole rings is 1. The van der Waals surface area contributed by atoms with E-state index in [-0.39, 0.29) is 0 Å². The first-order valence-corrected chi connectivity index (χ1v) is 16.3. The molecule has 2 saturated carbocycles. The van der Waals surface area contributed by atoms with Crippen molar-refractivity contribution in [3.63, 3.8) is 0 Å². The normalized spacial score (nSPS) is 23.4. The van der Waals surface area contributed by atoms with Crippen molar-refractivity contribution >= 4 is 32.9 Å². The highest BCUT2D eigenvalue weighted by molar-refractivity contribution is 7.22. The summed E-state index contributed by atoms with van der Waals surface area (Å²) in [5.74, 6) is 3.26. The summed E-state index contributed by atoms with van der Waals surface area (Å²) in [7, 11) is 1.81. The van der Waals surface area contributed by atoms with Gasteiger partial charge in [-0.1, -0.05) is 62.3 Å². The van der Waals surface area contributed by atoms with Crippen LogP contribution in [0.5, 0.6) is 0 Å². The second kappa shape index (κ2) is 13.9. The summed E-state index contributed by atoms with van der Waals surface area (Å²) in [6.07, 6.45) is 16.3. The first kappa shape index (κ1) is 28.3. The number of hydrogen-bond donors (Lipinski definition) is 0. The van der Waals surface area contributed by atoms with Crippen molar-refractivity contribution in [1.82, 2.24) is 4.98 Å². The summed E-state index contributed by atoms with van der Waals surface area (Å²) >= 11 is 1.75. The zero-order chi connectivity index (χ0) is 27.0. The minimum absolute atomic E-state index is 0.696. The molecule has 0 bridgehead atoms. The Labute approximate surface area is 239 Å². The number of benzene rings is 2. The third kappa shape index (κ3) is 7.29. The number of ether oxygens (including phenoxy) is 1. The summed E-state index contributed by atoms with van der Waals surface area (Å²) in [6.45, 7) is 6.38. The number of hydrazone groups is 1. The molecule has 0 amide bonds. The number of methoxy groups -OCH3 is 1. The monoisotopic (exact) mass is 545 g/mol. The van der Waals surface area contributed by atoms with E-state index < -0.39 is 0 Å². The van der Waals surface area contributed by atoms with Crippen molar-refractivity contribution in [2.75, 3.05) is 25.3 Å². The minimum Gasteiger partial charge on any atom is -0.385 e. The standard InChI is InChI=1S/C34H47N3OS/c1-4-8-25-11-13-29(14-12-25)30-16-15-28(5-2)31(23-30)24-35-37(19-17-26-21-27(22-26)18-20-38-3)34-36-32-9-6-7-10-33(32)39-34/h6-7,9-10,15-16,23-27,29H,4-5,8,11-14,17-22H2,1-3H3/b35-24+. The highest BCUT2D eigenvalue weighted by atomic mass is 32.1. The van der Waals surface area contributed by atoms with Gasteiger partial charge in [0.1, 0.15) is 0 Å². The molecule has 2 aliphatic rings. The SMILES string of the molecule is CCCC1CCC(c2ccc(CC)c(/C=N/N(CCC3CC(CCOC)C3)c3nc4ccccc4s3)c2)CC1. The second-order valence-electron chi connectivity index (χ2n) is 11.9. The first-order valence-electron chi connectivity index (χ1n) is 15.5. The Morgan fingerprint density at radius 3 is 2.51 bits per heavy atom. The van der Waals surface area contributed by atoms with Gasteiger partial charge in [-0.15, -0.1) is 0 Å². The third-order valence-electron chi connectivity index (χ3n) is 9.22. The van der Waals surface area contributed by atoms with E-state index in [1.54, 1.807) is 11.3 Å². The highest BCUT2D eigenvalue weighted by Crippen LogP contribution is 2.40. The number of fused-ring (bicyclic) bond motifs is 1. The topological polar surface area (TPSA) is 37.7 Å². The summed E-state index contributed by atoms with van der Waals surface area (Å²) < 4.78 is 6.52. The molecule has 3 aromatic rings. The van der Waals surface area contributed by atoms with Crippen molar-refractivity contribution in [3.8, 4) is 0 Å². The van der Waals surface area contributed by atoms with Crippen LogP contribution in [0.3, 0.4) is 0 Å². The minimum atomic E-state index is 0.696. The van der Waals surface area contributed by atoms with Gasteiger partial charge in [0, 0.05) is 20.3 Å². The first-order chi connectivity index (χ1) is 19.2. The Kier molecular flexibility index (Phi) is 10.1. The van der Waals surface area contributed by atoms with Gasteiger partial charge in [-0.25, -0.2) is 9.99 Å². The van der Waals surface area contributed by atoms with Crippen LogP contribution in [-0.4, -0.2) is 31.5 Å². The molecule has 0 unspecified atom stereocenters. The van der Waals surface area contributed by atoms with Crippen LogP contribution in [0.15, 0.2) is 47.6 Å². The quantitative estimate of drug-likeness (QED) is 0.159. The lowest BCUT2D eigenvalue weighted by molar-refractivity contribution is 0.116. The van der Waals surface area contributed by atoms with Gasteiger partial charge in [0.15, 0.2) is 0 Å². The van der Waals surface area contributed by atoms with Gasteiger partial charge in [0.05, 0.1) is 16.4 Å². The van der Waals surface area contributed by atoms with E-state index in [0.29, 0.717) is 5.92 Å². The number of aryl methyl sites for hydroxylation is 1. The largest absolute Gasteiger partial charge is 0.385 e. The van der Waals surface area contributed by atoms with Gasteiger partial charge in [0.2, 0.25) is 5.13 Å². The molecule has 210 valence electrons. The van der Waals surface area contributed by atoms with Crippen LogP contribution in [0.25, 0.3) is 10.2 Å². The van der Waals surface area contributed by atoms with Gasteiger partial charge in [-0.2, -0.15) is 5.10 Å². The maximum Gasteiger partial charge on any atom is 0.207 e. The van der Waals surface area contributed by atoms with Gasteiger partial charge in [-0.05, 0) is 116 Å². The Morgan fingerprint density at radius 2 is 1.77 bits per heavy atom. The molecule has 0 spiro atoms. The van der Waals surface area contributed by atoms with Crippen LogP contribution in [-0.2, 0) is 11.2 Å². The predicted octanol–water partition coefficient (Wildman–Crippen LogP) is 9.23. The summed E-state index contributed by atoms with van der Waals surface area (Å²) in [5.41, 5.74) is 5.23. The van der Waals surface area contributed by atoms with E-state index in [9.17, 15) is 0 Å². The molecule has 2 fully saturated rings. The molecule has 1 aromatic heterocycles. The number of nitrogens with zero attached hydrogens (tertiary/aromatic N) is 3. The Morgan fingerprint density at radius 1 is 0.974 bits per heavy atom. The molecule has 5 rings (SSSR count). The van der Waals surface area contributed by atoms with Crippen molar-refractivity contribution < 1.29 is 4.74 Å². The number of para-hydroxylation sites is 1. The van der Waals surface area contributed by atoms with Crippen LogP contribution in [0.1, 0.15) is 101 Å². The molecular weight excluding hydrogens is 498 g/mol. The summed E-state index contributed by atoms with van der Waals surface area (Å²) in [4.78, 5) is 4.97. The summed E-state index contributed by atoms with van der Waals surface area (Å²) in [6, 6.07) is 15.6. The van der Waals surface area contributed by atoms with Crippen LogP contribution >= 0.6 is 11.3 Å².